The van der Waals surface area contributed by atoms with Crippen molar-refractivity contribution in [2.45, 2.75) is 32.2 Å². The van der Waals surface area contributed by atoms with Gasteiger partial charge in [0.2, 0.25) is 0 Å². The summed E-state index contributed by atoms with van der Waals surface area (Å²) in [4.78, 5) is 40.8. The fourth-order valence-electron chi connectivity index (χ4n) is 2.55. The van der Waals surface area contributed by atoms with Gasteiger partial charge in [0.15, 0.2) is 5.78 Å². The van der Waals surface area contributed by atoms with E-state index in [1.165, 1.54) is 13.0 Å². The van der Waals surface area contributed by atoms with Gasteiger partial charge in [-0.15, -0.1) is 0 Å². The molecule has 0 aliphatic heterocycles. The topological polar surface area (TPSA) is 95.0 Å². The number of rotatable bonds is 1. The Morgan fingerprint density at radius 1 is 1.48 bits per heavy atom. The molecule has 0 radical (unpaired) electrons. The molecular formula is C15H15N3O3. The largest absolute Gasteiger partial charge is 0.398 e. The lowest BCUT2D eigenvalue weighted by atomic mass is 9.92. The molecule has 21 heavy (non-hydrogen) atoms. The number of aryl methyl sites for hydroxylation is 1. The highest BCUT2D eigenvalue weighted by molar-refractivity contribution is 6.03. The summed E-state index contributed by atoms with van der Waals surface area (Å²) < 4.78 is 25.0. The molecule has 1 saturated carbocycles. The van der Waals surface area contributed by atoms with E-state index in [9.17, 15) is 14.4 Å². The molecule has 2 N–H and O–H groups in total. The third-order valence-electron chi connectivity index (χ3n) is 3.55. The van der Waals surface area contributed by atoms with Crippen LogP contribution in [0.1, 0.15) is 35.2 Å². The van der Waals surface area contributed by atoms with Crippen molar-refractivity contribution >= 4 is 28.2 Å². The molecule has 1 aliphatic rings. The third kappa shape index (κ3) is 2.12. The Labute approximate surface area is 124 Å². The maximum atomic E-state index is 12.9. The Balaban J connectivity index is 2.37. The quantitative estimate of drug-likeness (QED) is 0.627. The molecule has 1 aliphatic carbocycles. The maximum absolute atomic E-state index is 12.9. The predicted molar refractivity (Wildman–Crippen MR) is 78.1 cm³/mol. The highest BCUT2D eigenvalue weighted by Crippen LogP contribution is 2.24. The van der Waals surface area contributed by atoms with Crippen molar-refractivity contribution in [3.8, 4) is 0 Å². The fraction of sp³-hybridized carbons (Fsp3) is 0.333. The molecule has 1 fully saturated rings. The number of nitrogens with zero attached hydrogens (tertiary/aromatic N) is 2. The van der Waals surface area contributed by atoms with Gasteiger partial charge < -0.3 is 5.73 Å². The summed E-state index contributed by atoms with van der Waals surface area (Å²) in [6, 6.07) is -1.14. The molecule has 1 unspecified atom stereocenters. The summed E-state index contributed by atoms with van der Waals surface area (Å²) in [5, 5.41) is -0.0853. The van der Waals surface area contributed by atoms with Gasteiger partial charge in [0, 0.05) is 12.1 Å². The Morgan fingerprint density at radius 2 is 2.24 bits per heavy atom. The van der Waals surface area contributed by atoms with Crippen molar-refractivity contribution in [2.24, 2.45) is 0 Å². The van der Waals surface area contributed by atoms with E-state index in [4.69, 9.17) is 9.85 Å². The maximum Gasteiger partial charge on any atom is 0.264 e. The lowest BCUT2D eigenvalue weighted by Gasteiger charge is -2.24. The van der Waals surface area contributed by atoms with Crippen LogP contribution in [-0.2, 0) is 9.59 Å². The van der Waals surface area contributed by atoms with Crippen LogP contribution in [0.5, 0.6) is 0 Å². The van der Waals surface area contributed by atoms with E-state index < -0.39 is 23.8 Å². The molecule has 2 aromatic rings. The van der Waals surface area contributed by atoms with Crippen molar-refractivity contribution in [3.05, 3.63) is 34.3 Å². The zero-order valence-corrected chi connectivity index (χ0v) is 11.4. The van der Waals surface area contributed by atoms with Crippen LogP contribution in [0.2, 0.25) is 0 Å². The van der Waals surface area contributed by atoms with Crippen molar-refractivity contribution in [1.29, 1.82) is 0 Å². The van der Waals surface area contributed by atoms with Crippen molar-refractivity contribution in [3.63, 3.8) is 0 Å². The first kappa shape index (κ1) is 10.3. The minimum atomic E-state index is -1.91. The van der Waals surface area contributed by atoms with E-state index in [1.54, 1.807) is 0 Å². The van der Waals surface area contributed by atoms with Gasteiger partial charge in [-0.25, -0.2) is 4.98 Å². The minimum Gasteiger partial charge on any atom is -0.398 e. The van der Waals surface area contributed by atoms with Gasteiger partial charge in [0.1, 0.15) is 11.6 Å². The number of nitrogen functional groups attached to an aromatic ring is 1. The van der Waals surface area contributed by atoms with E-state index in [2.05, 4.69) is 4.98 Å². The van der Waals surface area contributed by atoms with Crippen LogP contribution in [0.4, 0.5) is 5.69 Å². The van der Waals surface area contributed by atoms with Gasteiger partial charge >= 0.3 is 0 Å². The second-order valence-electron chi connectivity index (χ2n) is 4.98. The molecule has 108 valence electrons. The molecule has 0 saturated heterocycles. The van der Waals surface area contributed by atoms with Crippen molar-refractivity contribution in [1.82, 2.24) is 9.55 Å². The summed E-state index contributed by atoms with van der Waals surface area (Å²) in [5.74, 6) is -0.843. The van der Waals surface area contributed by atoms with E-state index in [-0.39, 0.29) is 53.1 Å². The number of hydrogen-bond acceptors (Lipinski definition) is 5. The van der Waals surface area contributed by atoms with Crippen molar-refractivity contribution in [2.75, 3.05) is 5.73 Å². The smallest absolute Gasteiger partial charge is 0.264 e. The second kappa shape index (κ2) is 4.80. The summed E-state index contributed by atoms with van der Waals surface area (Å²) in [5.41, 5.74) is 5.06. The molecule has 0 amide bonds. The zero-order valence-electron chi connectivity index (χ0n) is 14.4. The van der Waals surface area contributed by atoms with Crippen LogP contribution < -0.4 is 11.3 Å². The molecule has 6 nitrogen and oxygen atoms in total. The molecule has 1 atom stereocenters. The zero-order chi connectivity index (χ0) is 17.8. The highest BCUT2D eigenvalue weighted by atomic mass is 16.2. The summed E-state index contributed by atoms with van der Waals surface area (Å²) in [6.45, 7) is 1.45. The number of hydrogen-bond donors (Lipinski definition) is 1. The van der Waals surface area contributed by atoms with E-state index in [1.807, 2.05) is 0 Å². The number of anilines is 1. The molecule has 3 rings (SSSR count). The van der Waals surface area contributed by atoms with Crippen LogP contribution >= 0.6 is 0 Å². The fourth-order valence-corrected chi connectivity index (χ4v) is 2.55. The molecule has 0 bridgehead atoms. The minimum absolute atomic E-state index is 0.0262. The molecular weight excluding hydrogens is 270 g/mol. The first-order chi connectivity index (χ1) is 11.2. The average molecular weight is 288 g/mol. The van der Waals surface area contributed by atoms with Gasteiger partial charge in [-0.3, -0.25) is 19.0 Å². The van der Waals surface area contributed by atoms with Gasteiger partial charge in [-0.1, -0.05) is 6.04 Å². The lowest BCUT2D eigenvalue weighted by Crippen LogP contribution is -2.36. The predicted octanol–water partition coefficient (Wildman–Crippen LogP) is 1.15. The van der Waals surface area contributed by atoms with E-state index in [0.29, 0.717) is 0 Å². The Hall–Kier alpha value is -2.50. The Kier molecular flexibility index (Phi) is 2.35. The van der Waals surface area contributed by atoms with Crippen LogP contribution in [0.3, 0.4) is 0 Å². The molecule has 6 heteroatoms. The number of nitrogens with two attached hydrogens (primary N) is 1. The SMILES string of the molecule is [2H]c1cc(N)c2c(=O)n(C3([2H])CCC(=O)CC3=O)c(C)nc2c1[2H]. The number of Topliss-reactive ketones (excluding diaryl/α,β-unsaturated/α-hetero) is 2. The Bertz CT molecular complexity index is 970. The molecule has 1 heterocycles. The van der Waals surface area contributed by atoms with Crippen LogP contribution in [0.25, 0.3) is 10.9 Å². The monoisotopic (exact) mass is 288 g/mol. The third-order valence-corrected chi connectivity index (χ3v) is 3.55. The number of fused-ring (bicyclic) bond motifs is 1. The number of benzene rings is 1. The first-order valence-electron chi connectivity index (χ1n) is 8.01. The summed E-state index contributed by atoms with van der Waals surface area (Å²) in [6.07, 6.45) is -0.467. The van der Waals surface area contributed by atoms with Crippen LogP contribution in [0, 0.1) is 6.92 Å². The van der Waals surface area contributed by atoms with Crippen LogP contribution in [0.15, 0.2) is 22.9 Å². The lowest BCUT2D eigenvalue weighted by molar-refractivity contribution is -0.132. The van der Waals surface area contributed by atoms with Gasteiger partial charge in [-0.2, -0.15) is 0 Å². The first-order valence-corrected chi connectivity index (χ1v) is 6.51. The number of carbonyl (C=O) groups is 2. The van der Waals surface area contributed by atoms with Gasteiger partial charge in [-0.05, 0) is 25.5 Å². The second-order valence-corrected chi connectivity index (χ2v) is 4.98. The summed E-state index contributed by atoms with van der Waals surface area (Å²) in [7, 11) is 0. The number of carbonyl (C=O) groups excluding carboxylic acids is 2. The van der Waals surface area contributed by atoms with Gasteiger partial charge in [0.25, 0.3) is 5.56 Å². The van der Waals surface area contributed by atoms with Gasteiger partial charge in [0.05, 0.1) is 27.5 Å². The molecule has 1 aromatic heterocycles. The normalized spacial score (nSPS) is 24.7. The molecule has 1 aromatic carbocycles. The standard InChI is InChI=1S/C15H15N3O3/c1-8-17-11-4-2-3-10(16)14(11)15(21)18(8)12-6-5-9(19)7-13(12)20/h2-4,12H,5-7,16H2,1H3/i2D,4D,12D. The van der Waals surface area contributed by atoms with Crippen LogP contribution in [-0.4, -0.2) is 21.1 Å². The van der Waals surface area contributed by atoms with E-state index in [0.717, 1.165) is 4.57 Å². The van der Waals surface area contributed by atoms with Crippen molar-refractivity contribution < 1.29 is 13.7 Å². The number of aromatic nitrogens is 2. The highest BCUT2D eigenvalue weighted by Gasteiger charge is 2.30. The number of ketones is 2. The van der Waals surface area contributed by atoms with E-state index >= 15 is 0 Å². The molecule has 0 spiro atoms. The Morgan fingerprint density at radius 3 is 2.95 bits per heavy atom. The average Bonchev–Trinajstić information content (AvgIpc) is 2.48. The summed E-state index contributed by atoms with van der Waals surface area (Å²) >= 11 is 0.